The van der Waals surface area contributed by atoms with Crippen LogP contribution in [0.2, 0.25) is 10.0 Å². The van der Waals surface area contributed by atoms with E-state index in [1.807, 2.05) is 0 Å². The normalized spacial score (nSPS) is 22.2. The minimum Gasteiger partial charge on any atom is -0.334 e. The summed E-state index contributed by atoms with van der Waals surface area (Å²) in [5.41, 5.74) is -3.04. The number of halogens is 7. The molecule has 2 aromatic carbocycles. The Bertz CT molecular complexity index is 1370. The van der Waals surface area contributed by atoms with Crippen molar-refractivity contribution < 1.29 is 40.0 Å². The van der Waals surface area contributed by atoms with Crippen molar-refractivity contribution in [1.82, 2.24) is 10.4 Å². The molecule has 0 aromatic heterocycles. The lowest BCUT2D eigenvalue weighted by atomic mass is 9.86. The first-order valence-corrected chi connectivity index (χ1v) is 13.4. The number of likely N-dealkylation sites (tertiary alicyclic amines) is 1. The first-order chi connectivity index (χ1) is 17.0. The highest BCUT2D eigenvalue weighted by Crippen LogP contribution is 2.49. The predicted molar refractivity (Wildman–Crippen MR) is 126 cm³/mol. The molecule has 200 valence electrons. The number of benzene rings is 2. The summed E-state index contributed by atoms with van der Waals surface area (Å²) in [7, 11) is -3.64. The second-order valence-electron chi connectivity index (χ2n) is 8.96. The van der Waals surface area contributed by atoms with Crippen molar-refractivity contribution >= 4 is 44.6 Å². The van der Waals surface area contributed by atoms with Crippen LogP contribution in [-0.2, 0) is 30.7 Å². The van der Waals surface area contributed by atoms with Gasteiger partial charge in [0.05, 0.1) is 28.8 Å². The topological polar surface area (TPSA) is 75.7 Å². The minimum absolute atomic E-state index is 0.0965. The van der Waals surface area contributed by atoms with Crippen molar-refractivity contribution in [3.05, 3.63) is 75.0 Å². The van der Waals surface area contributed by atoms with Gasteiger partial charge in [-0.05, 0) is 36.3 Å². The average Bonchev–Trinajstić information content (AvgIpc) is 3.26. The quantitative estimate of drug-likeness (QED) is 0.399. The van der Waals surface area contributed by atoms with E-state index >= 15 is 4.39 Å². The van der Waals surface area contributed by atoms with Crippen LogP contribution in [0.1, 0.15) is 23.6 Å². The molecule has 2 heterocycles. The maximum atomic E-state index is 15.3. The van der Waals surface area contributed by atoms with Gasteiger partial charge in [0.2, 0.25) is 11.5 Å². The second-order valence-corrected chi connectivity index (χ2v) is 12.1. The molecule has 37 heavy (non-hydrogen) atoms. The highest BCUT2D eigenvalue weighted by Gasteiger charge is 2.60. The largest absolute Gasteiger partial charge is 0.428 e. The smallest absolute Gasteiger partial charge is 0.334 e. The van der Waals surface area contributed by atoms with E-state index in [1.54, 1.807) is 0 Å². The molecule has 1 N–H and O–H groups in total. The summed E-state index contributed by atoms with van der Waals surface area (Å²) in [4.78, 5) is 18.3. The fourth-order valence-electron chi connectivity index (χ4n) is 4.04. The molecule has 2 aliphatic heterocycles. The van der Waals surface area contributed by atoms with Crippen molar-refractivity contribution in [2.24, 2.45) is 0 Å². The third-order valence-electron chi connectivity index (χ3n) is 6.40. The number of nitrogens with one attached hydrogen (secondary N) is 1. The summed E-state index contributed by atoms with van der Waals surface area (Å²) in [6.45, 7) is 0.501. The van der Waals surface area contributed by atoms with Crippen LogP contribution in [-0.4, -0.2) is 50.0 Å². The van der Waals surface area contributed by atoms with Gasteiger partial charge in [0.25, 0.3) is 0 Å². The molecular weight excluding hydrogens is 566 g/mol. The molecule has 2 atom stereocenters. The van der Waals surface area contributed by atoms with Crippen LogP contribution in [0.3, 0.4) is 0 Å². The first-order valence-electron chi connectivity index (χ1n) is 10.6. The van der Waals surface area contributed by atoms with Crippen LogP contribution in [0.5, 0.6) is 0 Å². The van der Waals surface area contributed by atoms with Gasteiger partial charge >= 0.3 is 6.18 Å². The van der Waals surface area contributed by atoms with E-state index in [2.05, 4.69) is 5.48 Å². The van der Waals surface area contributed by atoms with E-state index in [0.717, 1.165) is 29.4 Å². The molecule has 2 aliphatic rings. The number of alkyl halides is 4. The number of hydrogen-bond donors (Lipinski definition) is 1. The number of rotatable bonds is 5. The number of hydrogen-bond acceptors (Lipinski definition) is 5. The van der Waals surface area contributed by atoms with E-state index in [9.17, 15) is 30.8 Å². The fourth-order valence-corrected chi connectivity index (χ4v) is 5.04. The van der Waals surface area contributed by atoms with Gasteiger partial charge in [-0.15, -0.1) is 0 Å². The van der Waals surface area contributed by atoms with E-state index in [-0.39, 0.29) is 29.9 Å². The first kappa shape index (κ1) is 27.6. The van der Waals surface area contributed by atoms with E-state index < -0.39 is 59.9 Å². The lowest BCUT2D eigenvalue weighted by molar-refractivity contribution is -0.269. The summed E-state index contributed by atoms with van der Waals surface area (Å²) in [6.07, 6.45) is -3.34. The lowest BCUT2D eigenvalue weighted by Gasteiger charge is -2.45. The zero-order chi connectivity index (χ0) is 27.6. The van der Waals surface area contributed by atoms with Crippen LogP contribution in [0, 0.1) is 5.82 Å². The van der Waals surface area contributed by atoms with Crippen LogP contribution >= 0.6 is 23.2 Å². The highest BCUT2D eigenvalue weighted by atomic mass is 35.5. The number of nitrogens with zero attached hydrogens (tertiary/aromatic N) is 1. The number of carbonyl (C=O) groups excluding carboxylic acids is 1. The Morgan fingerprint density at radius 2 is 1.65 bits per heavy atom. The third-order valence-corrected chi connectivity index (χ3v) is 8.44. The number of sulfone groups is 1. The molecule has 1 amide bonds. The summed E-state index contributed by atoms with van der Waals surface area (Å²) < 4.78 is 94.8. The van der Waals surface area contributed by atoms with Crippen molar-refractivity contribution in [1.29, 1.82) is 0 Å². The van der Waals surface area contributed by atoms with Gasteiger partial charge in [-0.3, -0.25) is 15.1 Å². The Morgan fingerprint density at radius 3 is 2.14 bits per heavy atom. The summed E-state index contributed by atoms with van der Waals surface area (Å²) >= 11 is 11.4. The highest BCUT2D eigenvalue weighted by molar-refractivity contribution is 7.92. The van der Waals surface area contributed by atoms with Crippen molar-refractivity contribution in [2.75, 3.05) is 19.3 Å². The summed E-state index contributed by atoms with van der Waals surface area (Å²) in [5, 5.41) is -2.54. The lowest BCUT2D eigenvalue weighted by Crippen LogP contribution is -2.61. The van der Waals surface area contributed by atoms with Gasteiger partial charge in [-0.25, -0.2) is 17.2 Å². The third kappa shape index (κ3) is 4.80. The molecular formula is C23H19Cl2F5N2O4S. The summed E-state index contributed by atoms with van der Waals surface area (Å²) in [5.74, 6) is -1.79. The molecule has 4 rings (SSSR count). The standard InChI is InChI=1S/C23H19Cl2F5N2O4S/c1-12(37(2,34)35)20(33)32-10-21(27,11-32)14-5-3-13(4-6-14)18-9-22(36-31-18,23(28,29)30)15-7-16(24)19(26)17(25)8-15/h3-9,12,31H,10-11H2,1-2H3. The molecule has 1 saturated heterocycles. The fraction of sp³-hybridized carbons (Fsp3) is 0.348. The van der Waals surface area contributed by atoms with Gasteiger partial charge in [0, 0.05) is 11.8 Å². The maximum Gasteiger partial charge on any atom is 0.428 e. The Kier molecular flexibility index (Phi) is 6.80. The Hall–Kier alpha value is -2.41. The Labute approximate surface area is 218 Å². The Morgan fingerprint density at radius 1 is 1.11 bits per heavy atom. The summed E-state index contributed by atoms with van der Waals surface area (Å²) in [6, 6.07) is 6.94. The molecule has 0 radical (unpaired) electrons. The van der Waals surface area contributed by atoms with Crippen molar-refractivity contribution in [2.45, 2.75) is 29.6 Å². The Balaban J connectivity index is 1.58. The van der Waals surface area contributed by atoms with Crippen LogP contribution in [0.4, 0.5) is 22.0 Å². The number of hydroxylamine groups is 1. The minimum atomic E-state index is -5.00. The van der Waals surface area contributed by atoms with Crippen molar-refractivity contribution in [3.63, 3.8) is 0 Å². The van der Waals surface area contributed by atoms with Crippen LogP contribution in [0.15, 0.2) is 42.5 Å². The average molecular weight is 585 g/mol. The van der Waals surface area contributed by atoms with E-state index in [1.165, 1.54) is 31.2 Å². The number of carbonyl (C=O) groups is 1. The second kappa shape index (κ2) is 9.11. The molecule has 0 spiro atoms. The van der Waals surface area contributed by atoms with Crippen LogP contribution < -0.4 is 5.48 Å². The molecule has 1 fully saturated rings. The number of amides is 1. The molecule has 0 bridgehead atoms. The maximum absolute atomic E-state index is 15.3. The zero-order valence-electron chi connectivity index (χ0n) is 19.2. The van der Waals surface area contributed by atoms with E-state index in [4.69, 9.17) is 28.0 Å². The molecule has 0 aliphatic carbocycles. The predicted octanol–water partition coefficient (Wildman–Crippen LogP) is 4.91. The van der Waals surface area contributed by atoms with Gasteiger partial charge in [-0.2, -0.15) is 13.2 Å². The van der Waals surface area contributed by atoms with Gasteiger partial charge < -0.3 is 4.90 Å². The molecule has 0 saturated carbocycles. The molecule has 2 aromatic rings. The van der Waals surface area contributed by atoms with Gasteiger partial charge in [0.1, 0.15) is 5.25 Å². The van der Waals surface area contributed by atoms with Crippen LogP contribution in [0.25, 0.3) is 5.70 Å². The monoisotopic (exact) mass is 584 g/mol. The molecule has 6 nitrogen and oxygen atoms in total. The molecule has 2 unspecified atom stereocenters. The molecule has 14 heteroatoms. The SMILES string of the molecule is CC(C(=O)N1CC(F)(c2ccc(C3=CC(c4cc(Cl)c(F)c(Cl)c4)(C(F)(F)F)ON3)cc2)C1)S(C)(=O)=O. The van der Waals surface area contributed by atoms with Crippen molar-refractivity contribution in [3.8, 4) is 0 Å². The van der Waals surface area contributed by atoms with Gasteiger partial charge in [-0.1, -0.05) is 47.5 Å². The zero-order valence-corrected chi connectivity index (χ0v) is 21.5. The van der Waals surface area contributed by atoms with Gasteiger partial charge in [0.15, 0.2) is 21.3 Å². The van der Waals surface area contributed by atoms with E-state index in [0.29, 0.717) is 0 Å².